The summed E-state index contributed by atoms with van der Waals surface area (Å²) in [7, 11) is 0. The van der Waals surface area contributed by atoms with Gasteiger partial charge in [-0.05, 0) is 56.2 Å². The maximum absolute atomic E-state index is 13.0. The number of hydrogen-bond donors (Lipinski definition) is 1. The fraction of sp³-hybridized carbons (Fsp3) is 0.368. The van der Waals surface area contributed by atoms with Gasteiger partial charge in [-0.25, -0.2) is 9.18 Å². The lowest BCUT2D eigenvalue weighted by Gasteiger charge is -2.31. The van der Waals surface area contributed by atoms with Gasteiger partial charge >= 0.3 is 6.09 Å². The van der Waals surface area contributed by atoms with E-state index in [2.05, 4.69) is 5.32 Å². The topological polar surface area (TPSA) is 71.8 Å². The van der Waals surface area contributed by atoms with Gasteiger partial charge in [-0.3, -0.25) is 4.79 Å². The van der Waals surface area contributed by atoms with Gasteiger partial charge in [0.15, 0.2) is 5.76 Å². The van der Waals surface area contributed by atoms with E-state index >= 15 is 0 Å². The van der Waals surface area contributed by atoms with Crippen LogP contribution in [0.1, 0.15) is 30.3 Å². The van der Waals surface area contributed by atoms with Crippen molar-refractivity contribution in [3.05, 3.63) is 48.0 Å². The Bertz CT molecular complexity index is 764. The van der Waals surface area contributed by atoms with Crippen LogP contribution in [0.2, 0.25) is 0 Å². The molecule has 7 heteroatoms. The molecule has 26 heavy (non-hydrogen) atoms. The highest BCUT2D eigenvalue weighted by molar-refractivity contribution is 5.92. The molecule has 1 N–H and O–H groups in total. The van der Waals surface area contributed by atoms with Crippen molar-refractivity contribution in [1.29, 1.82) is 0 Å². The second kappa shape index (κ2) is 8.03. The number of hydrogen-bond acceptors (Lipinski definition) is 4. The van der Waals surface area contributed by atoms with Crippen molar-refractivity contribution in [3.8, 4) is 11.3 Å². The molecule has 2 aromatic rings. The van der Waals surface area contributed by atoms with Crippen LogP contribution in [0.5, 0.6) is 0 Å². The number of rotatable bonds is 4. The van der Waals surface area contributed by atoms with E-state index in [1.807, 2.05) is 0 Å². The molecular weight excluding hydrogens is 339 g/mol. The molecule has 3 rings (SSSR count). The molecule has 1 fully saturated rings. The number of amides is 2. The fourth-order valence-electron chi connectivity index (χ4n) is 2.91. The molecule has 0 bridgehead atoms. The Kier molecular flexibility index (Phi) is 5.55. The lowest BCUT2D eigenvalue weighted by molar-refractivity contribution is 0.0841. The summed E-state index contributed by atoms with van der Waals surface area (Å²) in [5.41, 5.74) is 0.702. The van der Waals surface area contributed by atoms with Gasteiger partial charge in [0.2, 0.25) is 0 Å². The fourth-order valence-corrected chi connectivity index (χ4v) is 2.91. The molecule has 138 valence electrons. The molecule has 2 amide bonds. The first-order valence-electron chi connectivity index (χ1n) is 8.65. The number of ether oxygens (including phenoxy) is 1. The van der Waals surface area contributed by atoms with Crippen LogP contribution in [0.15, 0.2) is 40.8 Å². The summed E-state index contributed by atoms with van der Waals surface area (Å²) in [6.07, 6.45) is 1.01. The predicted octanol–water partition coefficient (Wildman–Crippen LogP) is 3.44. The van der Waals surface area contributed by atoms with Crippen LogP contribution in [0, 0.1) is 5.82 Å². The number of likely N-dealkylation sites (tertiary alicyclic amines) is 1. The van der Waals surface area contributed by atoms with E-state index in [-0.39, 0.29) is 29.6 Å². The molecule has 1 saturated heterocycles. The number of nitrogens with zero attached hydrogens (tertiary/aromatic N) is 1. The van der Waals surface area contributed by atoms with E-state index in [1.54, 1.807) is 36.1 Å². The van der Waals surface area contributed by atoms with E-state index in [9.17, 15) is 14.0 Å². The summed E-state index contributed by atoms with van der Waals surface area (Å²) in [4.78, 5) is 25.7. The first-order chi connectivity index (χ1) is 12.6. The highest BCUT2D eigenvalue weighted by atomic mass is 19.1. The molecule has 0 saturated carbocycles. The number of furan rings is 1. The minimum Gasteiger partial charge on any atom is -0.451 e. The average molecular weight is 360 g/mol. The van der Waals surface area contributed by atoms with Crippen LogP contribution < -0.4 is 5.32 Å². The highest BCUT2D eigenvalue weighted by Crippen LogP contribution is 2.22. The van der Waals surface area contributed by atoms with Gasteiger partial charge in [-0.2, -0.15) is 0 Å². The maximum Gasteiger partial charge on any atom is 0.409 e. The summed E-state index contributed by atoms with van der Waals surface area (Å²) >= 11 is 0. The first-order valence-corrected chi connectivity index (χ1v) is 8.65. The largest absolute Gasteiger partial charge is 0.451 e. The van der Waals surface area contributed by atoms with Gasteiger partial charge in [-0.15, -0.1) is 0 Å². The van der Waals surface area contributed by atoms with Crippen LogP contribution in [0.4, 0.5) is 9.18 Å². The third kappa shape index (κ3) is 4.22. The van der Waals surface area contributed by atoms with E-state index < -0.39 is 0 Å². The quantitative estimate of drug-likeness (QED) is 0.907. The number of nitrogens with one attached hydrogen (secondary N) is 1. The average Bonchev–Trinajstić information content (AvgIpc) is 3.13. The summed E-state index contributed by atoms with van der Waals surface area (Å²) in [6.45, 7) is 3.21. The number of carbonyl (C=O) groups excluding carboxylic acids is 2. The number of carbonyl (C=O) groups is 2. The zero-order valence-corrected chi connectivity index (χ0v) is 14.5. The molecule has 1 aliphatic heterocycles. The van der Waals surface area contributed by atoms with Crippen LogP contribution in [0.25, 0.3) is 11.3 Å². The van der Waals surface area contributed by atoms with E-state index in [4.69, 9.17) is 9.15 Å². The Balaban J connectivity index is 1.55. The Morgan fingerprint density at radius 3 is 2.54 bits per heavy atom. The molecule has 0 aliphatic carbocycles. The standard InChI is InChI=1S/C19H21FN2O4/c1-2-25-19(24)22-11-9-15(10-12-22)21-18(23)17-8-7-16(26-17)13-3-5-14(20)6-4-13/h3-8,15H,2,9-12H2,1H3,(H,21,23). The molecule has 1 aromatic heterocycles. The zero-order valence-electron chi connectivity index (χ0n) is 14.5. The van der Waals surface area contributed by atoms with Crippen molar-refractivity contribution in [2.45, 2.75) is 25.8 Å². The zero-order chi connectivity index (χ0) is 18.5. The highest BCUT2D eigenvalue weighted by Gasteiger charge is 2.25. The Hall–Kier alpha value is -2.83. The van der Waals surface area contributed by atoms with Crippen LogP contribution in [0.3, 0.4) is 0 Å². The van der Waals surface area contributed by atoms with Crippen LogP contribution in [-0.2, 0) is 4.74 Å². The minimum atomic E-state index is -0.326. The van der Waals surface area contributed by atoms with E-state index in [0.29, 0.717) is 43.9 Å². The second-order valence-electron chi connectivity index (χ2n) is 6.10. The summed E-state index contributed by atoms with van der Waals surface area (Å²) < 4.78 is 23.6. The normalized spacial score (nSPS) is 14.9. The van der Waals surface area contributed by atoms with Crippen LogP contribution >= 0.6 is 0 Å². The molecule has 1 aromatic carbocycles. The molecule has 1 aliphatic rings. The summed E-state index contributed by atoms with van der Waals surface area (Å²) in [5.74, 6) is 0.0878. The molecule has 6 nitrogen and oxygen atoms in total. The van der Waals surface area contributed by atoms with Gasteiger partial charge in [0.05, 0.1) is 6.61 Å². The van der Waals surface area contributed by atoms with Crippen molar-refractivity contribution in [2.75, 3.05) is 19.7 Å². The predicted molar refractivity (Wildman–Crippen MR) is 93.2 cm³/mol. The van der Waals surface area contributed by atoms with Gasteiger partial charge < -0.3 is 19.4 Å². The first kappa shape index (κ1) is 18.0. The van der Waals surface area contributed by atoms with Gasteiger partial charge in [0.25, 0.3) is 5.91 Å². The van der Waals surface area contributed by atoms with Crippen molar-refractivity contribution >= 4 is 12.0 Å². The van der Waals surface area contributed by atoms with Gasteiger partial charge in [-0.1, -0.05) is 0 Å². The number of halogens is 1. The smallest absolute Gasteiger partial charge is 0.409 e. The molecule has 0 atom stereocenters. The van der Waals surface area contributed by atoms with Crippen molar-refractivity contribution in [3.63, 3.8) is 0 Å². The lowest BCUT2D eigenvalue weighted by atomic mass is 10.1. The minimum absolute atomic E-state index is 0.0208. The van der Waals surface area contributed by atoms with E-state index in [1.165, 1.54) is 12.1 Å². The summed E-state index contributed by atoms with van der Waals surface area (Å²) in [5, 5.41) is 2.93. The Labute approximate surface area is 150 Å². The monoisotopic (exact) mass is 360 g/mol. The second-order valence-corrected chi connectivity index (χ2v) is 6.10. The molecular formula is C19H21FN2O4. The molecule has 0 radical (unpaired) electrons. The van der Waals surface area contributed by atoms with Crippen molar-refractivity contribution < 1.29 is 23.1 Å². The van der Waals surface area contributed by atoms with Crippen molar-refractivity contribution in [2.24, 2.45) is 0 Å². The van der Waals surface area contributed by atoms with Crippen molar-refractivity contribution in [1.82, 2.24) is 10.2 Å². The molecule has 0 spiro atoms. The van der Waals surface area contributed by atoms with Gasteiger partial charge in [0, 0.05) is 24.7 Å². The number of benzene rings is 1. The Morgan fingerprint density at radius 2 is 1.88 bits per heavy atom. The number of piperidine rings is 1. The SMILES string of the molecule is CCOC(=O)N1CCC(NC(=O)c2ccc(-c3ccc(F)cc3)o2)CC1. The lowest BCUT2D eigenvalue weighted by Crippen LogP contribution is -2.46. The molecule has 0 unspecified atom stereocenters. The third-order valence-electron chi connectivity index (χ3n) is 4.31. The third-order valence-corrected chi connectivity index (χ3v) is 4.31. The Morgan fingerprint density at radius 1 is 1.19 bits per heavy atom. The van der Waals surface area contributed by atoms with Gasteiger partial charge in [0.1, 0.15) is 11.6 Å². The maximum atomic E-state index is 13.0. The summed E-state index contributed by atoms with van der Waals surface area (Å²) in [6, 6.07) is 9.14. The van der Waals surface area contributed by atoms with Crippen LogP contribution in [-0.4, -0.2) is 42.6 Å². The molecule has 2 heterocycles. The van der Waals surface area contributed by atoms with E-state index in [0.717, 1.165) is 0 Å².